The van der Waals surface area contributed by atoms with E-state index in [9.17, 15) is 8.42 Å². The number of nitrogens with zero attached hydrogens (tertiary/aromatic N) is 2. The highest BCUT2D eigenvalue weighted by Gasteiger charge is 2.10. The number of anilines is 1. The average molecular weight is 279 g/mol. The van der Waals surface area contributed by atoms with Gasteiger partial charge in [0.2, 0.25) is 0 Å². The molecule has 0 unspecified atom stereocenters. The predicted molar refractivity (Wildman–Crippen MR) is 76.0 cm³/mol. The van der Waals surface area contributed by atoms with Gasteiger partial charge in [0.25, 0.3) is 0 Å². The third-order valence-corrected chi connectivity index (χ3v) is 3.97. The Morgan fingerprint density at radius 1 is 1.26 bits per heavy atom. The van der Waals surface area contributed by atoms with Crippen molar-refractivity contribution in [3.63, 3.8) is 0 Å². The maximum Gasteiger partial charge on any atom is 0.175 e. The third-order valence-electron chi connectivity index (χ3n) is 2.86. The Bertz CT molecular complexity index is 683. The number of unbranched alkanes of at least 4 members (excludes halogenated alkanes) is 1. The molecule has 19 heavy (non-hydrogen) atoms. The lowest BCUT2D eigenvalue weighted by molar-refractivity contribution is 0.602. The van der Waals surface area contributed by atoms with Crippen LogP contribution in [0.4, 0.5) is 5.82 Å². The smallest absolute Gasteiger partial charge is 0.175 e. The first kappa shape index (κ1) is 13.7. The quantitative estimate of drug-likeness (QED) is 0.850. The Labute approximate surface area is 113 Å². The Balaban J connectivity index is 2.46. The molecule has 0 aliphatic carbocycles. The molecule has 0 aliphatic heterocycles. The lowest BCUT2D eigenvalue weighted by Gasteiger charge is -2.08. The van der Waals surface area contributed by atoms with Crippen LogP contribution in [-0.4, -0.2) is 31.2 Å². The Kier molecular flexibility index (Phi) is 3.99. The second kappa shape index (κ2) is 5.52. The van der Waals surface area contributed by atoms with Crippen molar-refractivity contribution in [2.75, 3.05) is 18.1 Å². The lowest BCUT2D eigenvalue weighted by Crippen LogP contribution is -2.04. The molecule has 0 fully saturated rings. The van der Waals surface area contributed by atoms with E-state index in [-0.39, 0.29) is 4.90 Å². The molecule has 1 N–H and O–H groups in total. The van der Waals surface area contributed by atoms with Gasteiger partial charge in [-0.3, -0.25) is 0 Å². The zero-order valence-corrected chi connectivity index (χ0v) is 11.9. The molecule has 0 saturated heterocycles. The van der Waals surface area contributed by atoms with Gasteiger partial charge in [-0.2, -0.15) is 0 Å². The molecular weight excluding hydrogens is 262 g/mol. The van der Waals surface area contributed by atoms with Gasteiger partial charge in [-0.25, -0.2) is 18.4 Å². The molecule has 0 spiro atoms. The number of aromatic nitrogens is 2. The monoisotopic (exact) mass is 279 g/mol. The second-order valence-electron chi connectivity index (χ2n) is 4.45. The largest absolute Gasteiger partial charge is 0.369 e. The van der Waals surface area contributed by atoms with E-state index in [1.165, 1.54) is 12.6 Å². The number of rotatable bonds is 5. The number of sulfone groups is 1. The van der Waals surface area contributed by atoms with Gasteiger partial charge in [-0.15, -0.1) is 0 Å². The summed E-state index contributed by atoms with van der Waals surface area (Å²) in [6.07, 6.45) is 4.81. The first-order chi connectivity index (χ1) is 9.02. The van der Waals surface area contributed by atoms with Crippen LogP contribution in [0.1, 0.15) is 19.8 Å². The summed E-state index contributed by atoms with van der Waals surface area (Å²) in [7, 11) is -3.22. The van der Waals surface area contributed by atoms with E-state index in [1.54, 1.807) is 18.2 Å². The minimum Gasteiger partial charge on any atom is -0.369 e. The van der Waals surface area contributed by atoms with E-state index in [1.807, 2.05) is 0 Å². The maximum atomic E-state index is 11.6. The van der Waals surface area contributed by atoms with Gasteiger partial charge in [0.15, 0.2) is 9.84 Å². The van der Waals surface area contributed by atoms with Crippen LogP contribution in [0.25, 0.3) is 10.9 Å². The average Bonchev–Trinajstić information content (AvgIpc) is 2.37. The number of benzene rings is 1. The van der Waals surface area contributed by atoms with Crippen LogP contribution in [-0.2, 0) is 9.84 Å². The highest BCUT2D eigenvalue weighted by Crippen LogP contribution is 2.22. The van der Waals surface area contributed by atoms with Crippen molar-refractivity contribution in [1.29, 1.82) is 0 Å². The first-order valence-electron chi connectivity index (χ1n) is 6.21. The molecule has 0 atom stereocenters. The van der Waals surface area contributed by atoms with E-state index in [2.05, 4.69) is 22.2 Å². The summed E-state index contributed by atoms with van der Waals surface area (Å²) >= 11 is 0. The van der Waals surface area contributed by atoms with E-state index in [0.717, 1.165) is 30.3 Å². The summed E-state index contributed by atoms with van der Waals surface area (Å²) in [4.78, 5) is 8.62. The molecule has 6 heteroatoms. The van der Waals surface area contributed by atoms with Gasteiger partial charge < -0.3 is 5.32 Å². The Hall–Kier alpha value is -1.69. The zero-order chi connectivity index (χ0) is 13.9. The summed E-state index contributed by atoms with van der Waals surface area (Å²) in [6.45, 7) is 2.92. The first-order valence-corrected chi connectivity index (χ1v) is 8.10. The Morgan fingerprint density at radius 3 is 2.74 bits per heavy atom. The van der Waals surface area contributed by atoms with Crippen LogP contribution < -0.4 is 5.32 Å². The molecular formula is C13H17N3O2S. The number of hydrogen-bond donors (Lipinski definition) is 1. The lowest BCUT2D eigenvalue weighted by atomic mass is 10.2. The topological polar surface area (TPSA) is 72.0 Å². The van der Waals surface area contributed by atoms with Crippen molar-refractivity contribution < 1.29 is 8.42 Å². The minimum atomic E-state index is -3.22. The summed E-state index contributed by atoms with van der Waals surface area (Å²) < 4.78 is 23.2. The molecule has 0 saturated carbocycles. The SMILES string of the molecule is CCCCNc1ncnc2ccc(S(C)(=O)=O)cc12. The fourth-order valence-electron chi connectivity index (χ4n) is 1.79. The second-order valence-corrected chi connectivity index (χ2v) is 6.47. The molecule has 1 aromatic carbocycles. The van der Waals surface area contributed by atoms with E-state index in [4.69, 9.17) is 0 Å². The molecule has 1 aromatic heterocycles. The number of hydrogen-bond acceptors (Lipinski definition) is 5. The van der Waals surface area contributed by atoms with E-state index < -0.39 is 9.84 Å². The highest BCUT2D eigenvalue weighted by atomic mass is 32.2. The molecule has 2 aromatic rings. The van der Waals surface area contributed by atoms with Crippen LogP contribution in [0.3, 0.4) is 0 Å². The van der Waals surface area contributed by atoms with Gasteiger partial charge in [0, 0.05) is 18.2 Å². The van der Waals surface area contributed by atoms with Gasteiger partial charge in [0.1, 0.15) is 12.1 Å². The van der Waals surface area contributed by atoms with E-state index in [0.29, 0.717) is 5.82 Å². The fraction of sp³-hybridized carbons (Fsp3) is 0.385. The van der Waals surface area contributed by atoms with E-state index >= 15 is 0 Å². The van der Waals surface area contributed by atoms with Crippen LogP contribution in [0.5, 0.6) is 0 Å². The van der Waals surface area contributed by atoms with Gasteiger partial charge in [-0.05, 0) is 24.6 Å². The standard InChI is InChI=1S/C13H17N3O2S/c1-3-4-7-14-13-11-8-10(19(2,17)18)5-6-12(11)15-9-16-13/h5-6,8-9H,3-4,7H2,1-2H3,(H,14,15,16). The molecule has 5 nitrogen and oxygen atoms in total. The summed E-state index contributed by atoms with van der Waals surface area (Å²) in [5.74, 6) is 0.684. The summed E-state index contributed by atoms with van der Waals surface area (Å²) in [5, 5.41) is 3.96. The summed E-state index contributed by atoms with van der Waals surface area (Å²) in [6, 6.07) is 4.90. The number of nitrogens with one attached hydrogen (secondary N) is 1. The molecule has 0 bridgehead atoms. The van der Waals surface area contributed by atoms with Crippen LogP contribution in [0.2, 0.25) is 0 Å². The molecule has 0 aliphatic rings. The summed E-state index contributed by atoms with van der Waals surface area (Å²) in [5.41, 5.74) is 0.737. The fourth-order valence-corrected chi connectivity index (χ4v) is 2.44. The normalized spacial score (nSPS) is 11.7. The maximum absolute atomic E-state index is 11.6. The van der Waals surface area contributed by atoms with Crippen molar-refractivity contribution in [3.8, 4) is 0 Å². The van der Waals surface area contributed by atoms with Crippen molar-refractivity contribution in [3.05, 3.63) is 24.5 Å². The molecule has 0 radical (unpaired) electrons. The van der Waals surface area contributed by atoms with Crippen LogP contribution >= 0.6 is 0 Å². The van der Waals surface area contributed by atoms with Crippen molar-refractivity contribution >= 4 is 26.6 Å². The van der Waals surface area contributed by atoms with Gasteiger partial charge in [0.05, 0.1) is 10.4 Å². The van der Waals surface area contributed by atoms with Crippen molar-refractivity contribution in [1.82, 2.24) is 9.97 Å². The zero-order valence-electron chi connectivity index (χ0n) is 11.0. The van der Waals surface area contributed by atoms with Crippen molar-refractivity contribution in [2.24, 2.45) is 0 Å². The third kappa shape index (κ3) is 3.20. The van der Waals surface area contributed by atoms with Crippen LogP contribution in [0.15, 0.2) is 29.4 Å². The molecule has 0 amide bonds. The van der Waals surface area contributed by atoms with Gasteiger partial charge in [-0.1, -0.05) is 13.3 Å². The van der Waals surface area contributed by atoms with Crippen LogP contribution in [0, 0.1) is 0 Å². The predicted octanol–water partition coefficient (Wildman–Crippen LogP) is 2.25. The Morgan fingerprint density at radius 2 is 2.05 bits per heavy atom. The minimum absolute atomic E-state index is 0.286. The highest BCUT2D eigenvalue weighted by molar-refractivity contribution is 7.90. The molecule has 102 valence electrons. The van der Waals surface area contributed by atoms with Gasteiger partial charge >= 0.3 is 0 Å². The number of fused-ring (bicyclic) bond motifs is 1. The van der Waals surface area contributed by atoms with Crippen molar-refractivity contribution in [2.45, 2.75) is 24.7 Å². The molecule has 1 heterocycles. The molecule has 2 rings (SSSR count).